The van der Waals surface area contributed by atoms with Crippen molar-refractivity contribution in [3.63, 3.8) is 0 Å². The smallest absolute Gasteiger partial charge is 0.266 e. The Labute approximate surface area is 198 Å². The normalized spacial score (nSPS) is 16.6. The Bertz CT molecular complexity index is 1350. The number of carbonyl (C=O) groups is 3. The molecule has 2 aliphatic heterocycles. The number of hydrogen-bond acceptors (Lipinski definition) is 5. The van der Waals surface area contributed by atoms with E-state index in [1.165, 1.54) is 4.90 Å². The number of imide groups is 1. The van der Waals surface area contributed by atoms with E-state index in [1.54, 1.807) is 30.3 Å². The van der Waals surface area contributed by atoms with Crippen LogP contribution in [0.15, 0.2) is 48.5 Å². The molecule has 0 radical (unpaired) electrons. The lowest BCUT2D eigenvalue weighted by Crippen LogP contribution is -2.50. The second-order valence-corrected chi connectivity index (χ2v) is 9.63. The Kier molecular flexibility index (Phi) is 5.15. The highest BCUT2D eigenvalue weighted by atomic mass is 16.2. The number of hydrogen-bond donors (Lipinski definition) is 2. The van der Waals surface area contributed by atoms with Gasteiger partial charge in [-0.2, -0.15) is 0 Å². The van der Waals surface area contributed by atoms with Crippen molar-refractivity contribution in [3.8, 4) is 0 Å². The third kappa shape index (κ3) is 3.43. The third-order valence-electron chi connectivity index (χ3n) is 6.47. The molecule has 0 saturated carbocycles. The van der Waals surface area contributed by atoms with Crippen molar-refractivity contribution in [2.24, 2.45) is 5.73 Å². The Balaban J connectivity index is 1.60. The summed E-state index contributed by atoms with van der Waals surface area (Å²) >= 11 is 0. The van der Waals surface area contributed by atoms with Crippen LogP contribution in [0.3, 0.4) is 0 Å². The molecule has 0 unspecified atom stereocenters. The second-order valence-electron chi connectivity index (χ2n) is 9.63. The predicted octanol–water partition coefficient (Wildman–Crippen LogP) is 2.31. The molecule has 0 atom stereocenters. The number of nitrogens with two attached hydrogens (primary N) is 1. The first-order chi connectivity index (χ1) is 16.2. The van der Waals surface area contributed by atoms with Crippen LogP contribution >= 0.6 is 0 Å². The molecule has 0 fully saturated rings. The van der Waals surface area contributed by atoms with Gasteiger partial charge in [-0.05, 0) is 36.4 Å². The first-order valence-corrected chi connectivity index (χ1v) is 11.3. The number of anilines is 2. The fourth-order valence-corrected chi connectivity index (χ4v) is 5.22. The summed E-state index contributed by atoms with van der Waals surface area (Å²) in [4.78, 5) is 42.8. The van der Waals surface area contributed by atoms with Crippen molar-refractivity contribution >= 4 is 39.9 Å². The largest absolute Gasteiger partial charge is 0.351 e. The lowest BCUT2D eigenvalue weighted by atomic mass is 9.89. The lowest BCUT2D eigenvalue weighted by Gasteiger charge is -2.41. The summed E-state index contributed by atoms with van der Waals surface area (Å²) in [5.74, 6) is -0.965. The van der Waals surface area contributed by atoms with Gasteiger partial charge in [0.2, 0.25) is 0 Å². The zero-order valence-corrected chi connectivity index (χ0v) is 19.6. The van der Waals surface area contributed by atoms with Crippen molar-refractivity contribution in [2.45, 2.75) is 6.54 Å². The van der Waals surface area contributed by atoms with E-state index >= 15 is 0 Å². The standard InChI is InChI=1S/C26H27N5O3/c1-29-15-31(2,3)14-17-13-21-22-19(23(17)29)5-4-6-20(22)25(33)30(26(21)34)18-9-7-16(8-10-18)24(32)28-12-11-27/h4-10,13H,11-12,14-15,27H2,1-3H3/p+1. The molecule has 0 aromatic heterocycles. The molecule has 5 rings (SSSR count). The molecule has 0 aliphatic carbocycles. The average molecular weight is 459 g/mol. The second kappa shape index (κ2) is 7.93. The van der Waals surface area contributed by atoms with Gasteiger partial charge in [0, 0.05) is 53.2 Å². The van der Waals surface area contributed by atoms with Crippen molar-refractivity contribution < 1.29 is 18.9 Å². The van der Waals surface area contributed by atoms with Crippen LogP contribution in [0.4, 0.5) is 11.4 Å². The lowest BCUT2D eigenvalue weighted by molar-refractivity contribution is -0.904. The van der Waals surface area contributed by atoms with Gasteiger partial charge >= 0.3 is 0 Å². The van der Waals surface area contributed by atoms with Gasteiger partial charge in [0.1, 0.15) is 6.54 Å². The maximum Gasteiger partial charge on any atom is 0.266 e. The molecular weight excluding hydrogens is 430 g/mol. The summed E-state index contributed by atoms with van der Waals surface area (Å²) in [6.45, 7) is 2.35. The van der Waals surface area contributed by atoms with Gasteiger partial charge < -0.3 is 20.4 Å². The molecule has 3 amide bonds. The minimum Gasteiger partial charge on any atom is -0.351 e. The molecule has 3 N–H and O–H groups in total. The first-order valence-electron chi connectivity index (χ1n) is 11.3. The SMILES string of the molecule is CN1C[N+](C)(C)Cc2cc3c4c(cccc4c21)C(=O)N(c1ccc(C(=O)NCCN)cc1)C3=O. The minimum absolute atomic E-state index is 0.250. The highest BCUT2D eigenvalue weighted by Crippen LogP contribution is 2.42. The number of quaternary nitrogens is 1. The van der Waals surface area contributed by atoms with E-state index in [9.17, 15) is 14.4 Å². The van der Waals surface area contributed by atoms with Crippen molar-refractivity contribution in [1.82, 2.24) is 5.32 Å². The minimum atomic E-state index is -0.363. The summed E-state index contributed by atoms with van der Waals surface area (Å²) in [5.41, 5.74) is 9.52. The molecule has 8 nitrogen and oxygen atoms in total. The van der Waals surface area contributed by atoms with Gasteiger partial charge in [0.25, 0.3) is 17.7 Å². The van der Waals surface area contributed by atoms with Crippen LogP contribution in [0.1, 0.15) is 36.6 Å². The Morgan fingerprint density at radius 3 is 2.47 bits per heavy atom. The summed E-state index contributed by atoms with van der Waals surface area (Å²) in [5, 5.41) is 4.36. The van der Waals surface area contributed by atoms with E-state index in [-0.39, 0.29) is 17.7 Å². The Morgan fingerprint density at radius 1 is 1.06 bits per heavy atom. The molecule has 174 valence electrons. The molecule has 34 heavy (non-hydrogen) atoms. The number of fused-ring (bicyclic) bond motifs is 2. The van der Waals surface area contributed by atoms with Crippen LogP contribution in [0.25, 0.3) is 10.8 Å². The summed E-state index contributed by atoms with van der Waals surface area (Å²) in [7, 11) is 6.37. The van der Waals surface area contributed by atoms with E-state index in [4.69, 9.17) is 5.73 Å². The fraction of sp³-hybridized carbons (Fsp3) is 0.269. The predicted molar refractivity (Wildman–Crippen MR) is 132 cm³/mol. The molecule has 0 bridgehead atoms. The van der Waals surface area contributed by atoms with Crippen LogP contribution in [0.2, 0.25) is 0 Å². The van der Waals surface area contributed by atoms with Crippen LogP contribution in [-0.2, 0) is 6.54 Å². The summed E-state index contributed by atoms with van der Waals surface area (Å²) < 4.78 is 0.776. The van der Waals surface area contributed by atoms with E-state index in [0.29, 0.717) is 40.9 Å². The molecule has 3 aromatic rings. The van der Waals surface area contributed by atoms with Gasteiger partial charge in [-0.1, -0.05) is 12.1 Å². The molecular formula is C26H28N5O3+. The maximum atomic E-state index is 13.7. The van der Waals surface area contributed by atoms with Crippen LogP contribution < -0.4 is 20.9 Å². The van der Waals surface area contributed by atoms with Crippen molar-refractivity contribution in [2.75, 3.05) is 50.7 Å². The van der Waals surface area contributed by atoms with Crippen LogP contribution in [0.5, 0.6) is 0 Å². The number of carbonyl (C=O) groups excluding carboxylic acids is 3. The average Bonchev–Trinajstić information content (AvgIpc) is 2.80. The van der Waals surface area contributed by atoms with Crippen LogP contribution in [0, 0.1) is 0 Å². The number of benzene rings is 3. The maximum absolute atomic E-state index is 13.7. The topological polar surface area (TPSA) is 95.7 Å². The Morgan fingerprint density at radius 2 is 1.76 bits per heavy atom. The number of amides is 3. The summed E-state index contributed by atoms with van der Waals surface area (Å²) in [6, 6.07) is 14.1. The van der Waals surface area contributed by atoms with Gasteiger partial charge in [-0.3, -0.25) is 14.4 Å². The molecule has 8 heteroatoms. The van der Waals surface area contributed by atoms with E-state index in [2.05, 4.69) is 31.4 Å². The molecule has 0 saturated heterocycles. The van der Waals surface area contributed by atoms with E-state index in [0.717, 1.165) is 34.3 Å². The fourth-order valence-electron chi connectivity index (χ4n) is 5.22. The molecule has 2 aliphatic rings. The van der Waals surface area contributed by atoms with Crippen molar-refractivity contribution in [1.29, 1.82) is 0 Å². The highest BCUT2D eigenvalue weighted by Gasteiger charge is 2.38. The van der Waals surface area contributed by atoms with Gasteiger partial charge in [-0.15, -0.1) is 0 Å². The van der Waals surface area contributed by atoms with Crippen LogP contribution in [-0.4, -0.2) is 63.1 Å². The quantitative estimate of drug-likeness (QED) is 0.462. The van der Waals surface area contributed by atoms with Gasteiger partial charge in [-0.25, -0.2) is 4.90 Å². The first kappa shape index (κ1) is 22.1. The molecule has 3 aromatic carbocycles. The molecule has 0 spiro atoms. The monoisotopic (exact) mass is 458 g/mol. The third-order valence-corrected chi connectivity index (χ3v) is 6.47. The number of rotatable bonds is 4. The highest BCUT2D eigenvalue weighted by molar-refractivity contribution is 6.36. The van der Waals surface area contributed by atoms with Gasteiger partial charge in [0.05, 0.1) is 25.5 Å². The number of nitrogens with zero attached hydrogens (tertiary/aromatic N) is 3. The Hall–Kier alpha value is -3.75. The van der Waals surface area contributed by atoms with Crippen molar-refractivity contribution in [3.05, 3.63) is 70.8 Å². The van der Waals surface area contributed by atoms with E-state index < -0.39 is 0 Å². The zero-order chi connectivity index (χ0) is 24.2. The molecule has 2 heterocycles. The zero-order valence-electron chi connectivity index (χ0n) is 19.6. The van der Waals surface area contributed by atoms with E-state index in [1.807, 2.05) is 18.2 Å². The number of nitrogens with one attached hydrogen (secondary N) is 1. The summed E-state index contributed by atoms with van der Waals surface area (Å²) in [6.07, 6.45) is 0. The van der Waals surface area contributed by atoms with Gasteiger partial charge in [0.15, 0.2) is 6.67 Å².